The lowest BCUT2D eigenvalue weighted by molar-refractivity contribution is -0.00818. The number of nitrogens with zero attached hydrogens (tertiary/aromatic N) is 1. The Morgan fingerprint density at radius 3 is 2.83 bits per heavy atom. The summed E-state index contributed by atoms with van der Waals surface area (Å²) in [7, 11) is 0. The van der Waals surface area contributed by atoms with Crippen LogP contribution < -0.4 is 11.1 Å². The second-order valence-corrected chi connectivity index (χ2v) is 5.62. The van der Waals surface area contributed by atoms with Crippen LogP contribution in [0.4, 0.5) is 0 Å². The zero-order valence-corrected chi connectivity index (χ0v) is 12.1. The van der Waals surface area contributed by atoms with Gasteiger partial charge in [-0.25, -0.2) is 4.98 Å². The molecule has 0 aliphatic rings. The normalized spacial score (nSPS) is 13.4. The first-order valence-electron chi connectivity index (χ1n) is 5.99. The van der Waals surface area contributed by atoms with Crippen LogP contribution in [0.15, 0.2) is 5.38 Å². The summed E-state index contributed by atoms with van der Waals surface area (Å²) in [6.07, 6.45) is 0. The predicted octanol–water partition coefficient (Wildman–Crippen LogP) is 1.71. The minimum atomic E-state index is -0.371. The van der Waals surface area contributed by atoms with E-state index in [0.717, 1.165) is 5.01 Å². The van der Waals surface area contributed by atoms with Gasteiger partial charge >= 0.3 is 0 Å². The van der Waals surface area contributed by atoms with Crippen molar-refractivity contribution in [3.05, 3.63) is 16.1 Å². The lowest BCUT2D eigenvalue weighted by Crippen LogP contribution is -2.40. The summed E-state index contributed by atoms with van der Waals surface area (Å²) in [5.74, 6) is -0.189. The Morgan fingerprint density at radius 2 is 2.33 bits per heavy atom. The molecule has 0 aromatic carbocycles. The number of rotatable bonds is 6. The Hall–Kier alpha value is -0.980. The Bertz CT molecular complexity index is 402. The van der Waals surface area contributed by atoms with E-state index in [-0.39, 0.29) is 17.6 Å². The summed E-state index contributed by atoms with van der Waals surface area (Å²) in [5.41, 5.74) is 5.75. The summed E-state index contributed by atoms with van der Waals surface area (Å²) < 4.78 is 5.51. The molecule has 3 N–H and O–H groups in total. The summed E-state index contributed by atoms with van der Waals surface area (Å²) in [6, 6.07) is -0.142. The fraction of sp³-hybridized carbons (Fsp3) is 0.667. The Kier molecular flexibility index (Phi) is 5.25. The fourth-order valence-corrected chi connectivity index (χ4v) is 2.18. The van der Waals surface area contributed by atoms with Crippen LogP contribution in [0.25, 0.3) is 0 Å². The summed E-state index contributed by atoms with van der Waals surface area (Å²) in [6.45, 7) is 8.72. The molecule has 0 saturated heterocycles. The smallest absolute Gasteiger partial charge is 0.270 e. The minimum Gasteiger partial charge on any atom is -0.374 e. The molecular formula is C12H21N3O2S. The number of nitrogens with two attached hydrogens (primary N) is 1. The fourth-order valence-electron chi connectivity index (χ4n) is 1.43. The quantitative estimate of drug-likeness (QED) is 0.825. The van der Waals surface area contributed by atoms with Crippen molar-refractivity contribution in [1.29, 1.82) is 0 Å². The van der Waals surface area contributed by atoms with E-state index in [0.29, 0.717) is 18.8 Å². The van der Waals surface area contributed by atoms with E-state index in [4.69, 9.17) is 10.5 Å². The predicted molar refractivity (Wildman–Crippen MR) is 72.8 cm³/mol. The third kappa shape index (κ3) is 4.36. The van der Waals surface area contributed by atoms with Gasteiger partial charge in [-0.05, 0) is 27.7 Å². The highest BCUT2D eigenvalue weighted by Gasteiger charge is 2.20. The molecule has 102 valence electrons. The minimum absolute atomic E-state index is 0.142. The molecule has 0 saturated carbocycles. The number of nitrogens with one attached hydrogen (secondary N) is 1. The lowest BCUT2D eigenvalue weighted by Gasteiger charge is -2.24. The maximum atomic E-state index is 11.9. The molecule has 1 amide bonds. The van der Waals surface area contributed by atoms with Crippen LogP contribution in [0.3, 0.4) is 0 Å². The molecule has 1 rings (SSSR count). The monoisotopic (exact) mass is 271 g/mol. The maximum absolute atomic E-state index is 11.9. The van der Waals surface area contributed by atoms with E-state index >= 15 is 0 Å². The SMILES string of the molecule is CCOC(C)(C)CNC(=O)c1csc(C(C)N)n1. The van der Waals surface area contributed by atoms with Crippen molar-refractivity contribution in [2.24, 2.45) is 5.73 Å². The molecule has 6 heteroatoms. The number of ether oxygens (including phenoxy) is 1. The van der Waals surface area contributed by atoms with Gasteiger partial charge in [-0.3, -0.25) is 4.79 Å². The molecule has 1 heterocycles. The van der Waals surface area contributed by atoms with Gasteiger partial charge in [-0.2, -0.15) is 0 Å². The largest absolute Gasteiger partial charge is 0.374 e. The number of amides is 1. The average Bonchev–Trinajstić information content (AvgIpc) is 2.75. The van der Waals surface area contributed by atoms with Crippen molar-refractivity contribution < 1.29 is 9.53 Å². The van der Waals surface area contributed by atoms with Crippen LogP contribution in [-0.4, -0.2) is 29.6 Å². The van der Waals surface area contributed by atoms with Crippen LogP contribution in [0.2, 0.25) is 0 Å². The van der Waals surface area contributed by atoms with E-state index in [1.165, 1.54) is 11.3 Å². The van der Waals surface area contributed by atoms with Gasteiger partial charge in [0.15, 0.2) is 0 Å². The molecule has 0 aliphatic heterocycles. The first-order valence-corrected chi connectivity index (χ1v) is 6.87. The van der Waals surface area contributed by atoms with Gasteiger partial charge in [0, 0.05) is 18.5 Å². The standard InChI is InChI=1S/C12H21N3O2S/c1-5-17-12(3,4)7-14-10(16)9-6-18-11(15-9)8(2)13/h6,8H,5,7,13H2,1-4H3,(H,14,16). The molecule has 0 aliphatic carbocycles. The molecule has 0 bridgehead atoms. The van der Waals surface area contributed by atoms with Crippen molar-refractivity contribution >= 4 is 17.2 Å². The molecular weight excluding hydrogens is 250 g/mol. The maximum Gasteiger partial charge on any atom is 0.270 e. The first kappa shape index (κ1) is 15.1. The molecule has 1 aromatic rings. The van der Waals surface area contributed by atoms with Crippen molar-refractivity contribution in [1.82, 2.24) is 10.3 Å². The number of hydrogen-bond acceptors (Lipinski definition) is 5. The summed E-state index contributed by atoms with van der Waals surface area (Å²) in [4.78, 5) is 16.1. The highest BCUT2D eigenvalue weighted by Crippen LogP contribution is 2.16. The van der Waals surface area contributed by atoms with Crippen LogP contribution in [0.1, 0.15) is 49.2 Å². The second-order valence-electron chi connectivity index (χ2n) is 4.74. The van der Waals surface area contributed by atoms with Gasteiger partial charge in [0.1, 0.15) is 10.7 Å². The van der Waals surface area contributed by atoms with Crippen molar-refractivity contribution in [3.63, 3.8) is 0 Å². The van der Waals surface area contributed by atoms with E-state index in [9.17, 15) is 4.79 Å². The van der Waals surface area contributed by atoms with Crippen molar-refractivity contribution in [3.8, 4) is 0 Å². The molecule has 1 atom stereocenters. The van der Waals surface area contributed by atoms with Crippen LogP contribution in [0, 0.1) is 0 Å². The van der Waals surface area contributed by atoms with Crippen LogP contribution in [0.5, 0.6) is 0 Å². The molecule has 0 fully saturated rings. The molecule has 1 unspecified atom stereocenters. The Morgan fingerprint density at radius 1 is 1.67 bits per heavy atom. The number of carbonyl (C=O) groups is 1. The van der Waals surface area contributed by atoms with Crippen LogP contribution >= 0.6 is 11.3 Å². The lowest BCUT2D eigenvalue weighted by atomic mass is 10.1. The van der Waals surface area contributed by atoms with E-state index < -0.39 is 0 Å². The highest BCUT2D eigenvalue weighted by atomic mass is 32.1. The van der Waals surface area contributed by atoms with Crippen molar-refractivity contribution in [2.75, 3.05) is 13.2 Å². The summed E-state index contributed by atoms with van der Waals surface area (Å²) in [5, 5.41) is 5.31. The Labute approximate surface area is 112 Å². The van der Waals surface area contributed by atoms with Gasteiger partial charge < -0.3 is 15.8 Å². The molecule has 18 heavy (non-hydrogen) atoms. The number of thiazole rings is 1. The van der Waals surface area contributed by atoms with Gasteiger partial charge in [-0.1, -0.05) is 0 Å². The second kappa shape index (κ2) is 6.26. The third-order valence-corrected chi connectivity index (χ3v) is 3.40. The molecule has 1 aromatic heterocycles. The molecule has 5 nitrogen and oxygen atoms in total. The zero-order valence-electron chi connectivity index (χ0n) is 11.3. The van der Waals surface area contributed by atoms with Gasteiger partial charge in [0.2, 0.25) is 0 Å². The first-order chi connectivity index (χ1) is 8.35. The topological polar surface area (TPSA) is 77.2 Å². The van der Waals surface area contributed by atoms with Gasteiger partial charge in [-0.15, -0.1) is 11.3 Å². The van der Waals surface area contributed by atoms with E-state index in [2.05, 4.69) is 10.3 Å². The summed E-state index contributed by atoms with van der Waals surface area (Å²) >= 11 is 1.40. The van der Waals surface area contributed by atoms with Crippen LogP contribution in [-0.2, 0) is 4.74 Å². The number of aromatic nitrogens is 1. The number of carbonyl (C=O) groups excluding carboxylic acids is 1. The van der Waals surface area contributed by atoms with E-state index in [1.54, 1.807) is 5.38 Å². The number of hydrogen-bond donors (Lipinski definition) is 2. The Balaban J connectivity index is 2.55. The highest BCUT2D eigenvalue weighted by molar-refractivity contribution is 7.09. The van der Waals surface area contributed by atoms with Gasteiger partial charge in [0.25, 0.3) is 5.91 Å². The van der Waals surface area contributed by atoms with Crippen molar-refractivity contribution in [2.45, 2.75) is 39.3 Å². The molecule has 0 spiro atoms. The third-order valence-electron chi connectivity index (χ3n) is 2.35. The zero-order chi connectivity index (χ0) is 13.8. The average molecular weight is 271 g/mol. The molecule has 0 radical (unpaired) electrons. The van der Waals surface area contributed by atoms with Gasteiger partial charge in [0.05, 0.1) is 11.6 Å². The van der Waals surface area contributed by atoms with E-state index in [1.807, 2.05) is 27.7 Å².